The van der Waals surface area contributed by atoms with Crippen molar-refractivity contribution in [1.29, 1.82) is 0 Å². The maximum Gasteiger partial charge on any atom is 0.312 e. The molecule has 0 atom stereocenters. The first-order chi connectivity index (χ1) is 12.0. The molecule has 3 rings (SSSR count). The van der Waals surface area contributed by atoms with Crippen LogP contribution in [-0.2, 0) is 22.6 Å². The van der Waals surface area contributed by atoms with Crippen LogP contribution in [0.2, 0.25) is 0 Å². The lowest BCUT2D eigenvalue weighted by atomic mass is 10.1. The van der Waals surface area contributed by atoms with E-state index in [1.807, 2.05) is 0 Å². The van der Waals surface area contributed by atoms with Gasteiger partial charge in [-0.05, 0) is 23.8 Å². The average Bonchev–Trinajstić information content (AvgIpc) is 2.63. The molecule has 126 valence electrons. The van der Waals surface area contributed by atoms with Gasteiger partial charge in [-0.15, -0.1) is 0 Å². The van der Waals surface area contributed by atoms with Crippen LogP contribution in [-0.4, -0.2) is 21.1 Å². The summed E-state index contributed by atoms with van der Waals surface area (Å²) < 4.78 is 5.17. The van der Waals surface area contributed by atoms with Gasteiger partial charge in [0.25, 0.3) is 11.2 Å². The van der Waals surface area contributed by atoms with E-state index in [0.717, 1.165) is 0 Å². The first kappa shape index (κ1) is 16.3. The van der Waals surface area contributed by atoms with Crippen LogP contribution in [0.25, 0.3) is 10.8 Å². The molecule has 8 nitrogen and oxygen atoms in total. The van der Waals surface area contributed by atoms with Gasteiger partial charge in [-0.3, -0.25) is 19.7 Å². The lowest BCUT2D eigenvalue weighted by Gasteiger charge is -2.06. The second-order valence-corrected chi connectivity index (χ2v) is 5.31. The van der Waals surface area contributed by atoms with Gasteiger partial charge >= 0.3 is 5.97 Å². The SMILES string of the molecule is O=C(Cc1n[nH]c(=O)c2ccccc12)OCc1ccc([N+](=O)[O-])cc1. The maximum absolute atomic E-state index is 12.0. The fourth-order valence-electron chi connectivity index (χ4n) is 2.37. The maximum atomic E-state index is 12.0. The molecule has 0 aliphatic carbocycles. The number of hydrogen-bond donors (Lipinski definition) is 1. The number of nitro groups is 1. The van der Waals surface area contributed by atoms with Crippen LogP contribution in [0.15, 0.2) is 53.3 Å². The molecule has 1 heterocycles. The number of benzene rings is 2. The number of H-pyrrole nitrogens is 1. The molecule has 0 aliphatic heterocycles. The Balaban J connectivity index is 1.68. The second-order valence-electron chi connectivity index (χ2n) is 5.31. The summed E-state index contributed by atoms with van der Waals surface area (Å²) in [6, 6.07) is 12.6. The van der Waals surface area contributed by atoms with Gasteiger partial charge in [-0.1, -0.05) is 18.2 Å². The van der Waals surface area contributed by atoms with Gasteiger partial charge in [0, 0.05) is 17.5 Å². The lowest BCUT2D eigenvalue weighted by molar-refractivity contribution is -0.384. The molecule has 0 saturated carbocycles. The average molecular weight is 339 g/mol. The van der Waals surface area contributed by atoms with Crippen molar-refractivity contribution >= 4 is 22.4 Å². The predicted octanol–water partition coefficient (Wildman–Crippen LogP) is 2.12. The van der Waals surface area contributed by atoms with Crippen molar-refractivity contribution in [1.82, 2.24) is 10.2 Å². The summed E-state index contributed by atoms with van der Waals surface area (Å²) in [7, 11) is 0. The van der Waals surface area contributed by atoms with E-state index in [1.165, 1.54) is 24.3 Å². The fourth-order valence-corrected chi connectivity index (χ4v) is 2.37. The Hall–Kier alpha value is -3.55. The summed E-state index contributed by atoms with van der Waals surface area (Å²) in [6.45, 7) is -0.00187. The molecule has 0 spiro atoms. The third kappa shape index (κ3) is 3.69. The molecule has 0 bridgehead atoms. The number of nitrogens with zero attached hydrogens (tertiary/aromatic N) is 2. The number of nitro benzene ring substituents is 1. The zero-order chi connectivity index (χ0) is 17.8. The first-order valence-electron chi connectivity index (χ1n) is 7.40. The van der Waals surface area contributed by atoms with Crippen LogP contribution >= 0.6 is 0 Å². The van der Waals surface area contributed by atoms with Crippen LogP contribution in [0.5, 0.6) is 0 Å². The van der Waals surface area contributed by atoms with Crippen molar-refractivity contribution < 1.29 is 14.5 Å². The second kappa shape index (κ2) is 6.91. The highest BCUT2D eigenvalue weighted by Gasteiger charge is 2.12. The zero-order valence-electron chi connectivity index (χ0n) is 13.0. The van der Waals surface area contributed by atoms with Gasteiger partial charge < -0.3 is 4.74 Å². The van der Waals surface area contributed by atoms with Crippen LogP contribution in [0.4, 0.5) is 5.69 Å². The molecular weight excluding hydrogens is 326 g/mol. The molecule has 0 aliphatic rings. The molecule has 1 aromatic heterocycles. The number of aromatic amines is 1. The van der Waals surface area contributed by atoms with Gasteiger partial charge in [0.2, 0.25) is 0 Å². The number of nitrogens with one attached hydrogen (secondary N) is 1. The fraction of sp³-hybridized carbons (Fsp3) is 0.118. The van der Waals surface area contributed by atoms with Crippen molar-refractivity contribution in [3.8, 4) is 0 Å². The molecule has 1 N–H and O–H groups in total. The summed E-state index contributed by atoms with van der Waals surface area (Å²) in [6.07, 6.45) is -0.0930. The highest BCUT2D eigenvalue weighted by molar-refractivity contribution is 5.86. The molecule has 2 aromatic carbocycles. The third-order valence-electron chi connectivity index (χ3n) is 3.63. The topological polar surface area (TPSA) is 115 Å². The van der Waals surface area contributed by atoms with Crippen molar-refractivity contribution in [2.24, 2.45) is 0 Å². The molecule has 0 fully saturated rings. The normalized spacial score (nSPS) is 10.6. The third-order valence-corrected chi connectivity index (χ3v) is 3.63. The van der Waals surface area contributed by atoms with Gasteiger partial charge in [0.1, 0.15) is 6.61 Å². The van der Waals surface area contributed by atoms with Crippen molar-refractivity contribution in [2.45, 2.75) is 13.0 Å². The molecule has 0 amide bonds. The van der Waals surface area contributed by atoms with Crippen LogP contribution in [0.3, 0.4) is 0 Å². The minimum Gasteiger partial charge on any atom is -0.461 e. The number of rotatable bonds is 5. The predicted molar refractivity (Wildman–Crippen MR) is 89.0 cm³/mol. The number of hydrogen-bond acceptors (Lipinski definition) is 6. The van der Waals surface area contributed by atoms with E-state index < -0.39 is 10.9 Å². The monoisotopic (exact) mass is 339 g/mol. The zero-order valence-corrected chi connectivity index (χ0v) is 13.0. The Morgan fingerprint density at radius 2 is 1.80 bits per heavy atom. The molecule has 0 unspecified atom stereocenters. The number of ether oxygens (including phenoxy) is 1. The number of esters is 1. The van der Waals surface area contributed by atoms with E-state index in [4.69, 9.17) is 4.74 Å². The number of fused-ring (bicyclic) bond motifs is 1. The Morgan fingerprint density at radius 1 is 1.12 bits per heavy atom. The minimum absolute atomic E-state index is 0.00187. The smallest absolute Gasteiger partial charge is 0.312 e. The van der Waals surface area contributed by atoms with E-state index >= 15 is 0 Å². The van der Waals surface area contributed by atoms with Gasteiger partial charge in [-0.25, -0.2) is 5.10 Å². The highest BCUT2D eigenvalue weighted by Crippen LogP contribution is 2.15. The van der Waals surface area contributed by atoms with Gasteiger partial charge in [0.15, 0.2) is 0 Å². The summed E-state index contributed by atoms with van der Waals surface area (Å²) in [5.74, 6) is -0.511. The Bertz CT molecular complexity index is 995. The molecule has 0 saturated heterocycles. The Kier molecular flexibility index (Phi) is 4.51. The van der Waals surface area contributed by atoms with E-state index in [0.29, 0.717) is 22.0 Å². The van der Waals surface area contributed by atoms with Crippen LogP contribution < -0.4 is 5.56 Å². The number of non-ortho nitro benzene ring substituents is 1. The van der Waals surface area contributed by atoms with Crippen molar-refractivity contribution in [2.75, 3.05) is 0 Å². The van der Waals surface area contributed by atoms with Gasteiger partial charge in [0.05, 0.1) is 22.4 Å². The molecule has 8 heteroatoms. The van der Waals surface area contributed by atoms with E-state index in [2.05, 4.69) is 10.2 Å². The van der Waals surface area contributed by atoms with Crippen LogP contribution in [0.1, 0.15) is 11.3 Å². The molecule has 3 aromatic rings. The minimum atomic E-state index is -0.511. The molecular formula is C17H13N3O5. The molecule has 25 heavy (non-hydrogen) atoms. The van der Waals surface area contributed by atoms with E-state index in [1.54, 1.807) is 24.3 Å². The summed E-state index contributed by atoms with van der Waals surface area (Å²) in [5.41, 5.74) is 0.708. The summed E-state index contributed by atoms with van der Waals surface area (Å²) in [4.78, 5) is 33.9. The number of carbonyl (C=O) groups is 1. The standard InChI is InChI=1S/C17H13N3O5/c21-16(25-10-11-5-7-12(8-6-11)20(23)24)9-15-13-3-1-2-4-14(13)17(22)19-18-15/h1-8H,9-10H2,(H,19,22). The summed E-state index contributed by atoms with van der Waals surface area (Å²) in [5, 5.41) is 17.9. The number of carbonyl (C=O) groups excluding carboxylic acids is 1. The first-order valence-corrected chi connectivity index (χ1v) is 7.40. The quantitative estimate of drug-likeness (QED) is 0.432. The Labute approximate surface area is 141 Å². The van der Waals surface area contributed by atoms with Crippen molar-refractivity contribution in [3.63, 3.8) is 0 Å². The summed E-state index contributed by atoms with van der Waals surface area (Å²) >= 11 is 0. The van der Waals surface area contributed by atoms with Crippen molar-refractivity contribution in [3.05, 3.63) is 80.3 Å². The Morgan fingerprint density at radius 3 is 2.48 bits per heavy atom. The van der Waals surface area contributed by atoms with Crippen LogP contribution in [0, 0.1) is 10.1 Å². The van der Waals surface area contributed by atoms with E-state index in [9.17, 15) is 19.7 Å². The van der Waals surface area contributed by atoms with E-state index in [-0.39, 0.29) is 24.3 Å². The number of aromatic nitrogens is 2. The largest absolute Gasteiger partial charge is 0.461 e. The molecule has 0 radical (unpaired) electrons. The highest BCUT2D eigenvalue weighted by atomic mass is 16.6. The lowest BCUT2D eigenvalue weighted by Crippen LogP contribution is -2.15. The van der Waals surface area contributed by atoms with Gasteiger partial charge in [-0.2, -0.15) is 5.10 Å².